The number of imidazole rings is 1. The lowest BCUT2D eigenvalue weighted by atomic mass is 10.1. The molecule has 0 unspecified atom stereocenters. The molecule has 0 bridgehead atoms. The van der Waals surface area contributed by atoms with Crippen LogP contribution in [0.3, 0.4) is 0 Å². The summed E-state index contributed by atoms with van der Waals surface area (Å²) in [5.41, 5.74) is 3.11. The third kappa shape index (κ3) is 2.57. The number of nitrogens with zero attached hydrogens (tertiary/aromatic N) is 2. The standard InChI is InChI=1S/C19H13N5O4/c1-9-16-11(8-14(15-3-2-6-27-15)21-18(16)28-24-9)17(25)20-10-4-5-12-13(7-10)23-19(26)22-12/h2-8H,1H3,(H,20,25)(H2,22,23,26). The summed E-state index contributed by atoms with van der Waals surface area (Å²) in [6.45, 7) is 1.74. The average molecular weight is 375 g/mol. The fourth-order valence-corrected chi connectivity index (χ4v) is 3.13. The molecule has 0 aliphatic rings. The van der Waals surface area contributed by atoms with Crippen LogP contribution in [0, 0.1) is 6.92 Å². The molecule has 3 N–H and O–H groups in total. The molecule has 4 aromatic heterocycles. The Kier molecular flexibility index (Phi) is 3.41. The Morgan fingerprint density at radius 1 is 1.14 bits per heavy atom. The normalized spacial score (nSPS) is 11.3. The maximum atomic E-state index is 13.0. The molecule has 4 heterocycles. The summed E-state index contributed by atoms with van der Waals surface area (Å²) in [7, 11) is 0. The van der Waals surface area contributed by atoms with E-state index < -0.39 is 0 Å². The molecule has 0 spiro atoms. The minimum atomic E-state index is -0.358. The number of carbonyl (C=O) groups is 1. The van der Waals surface area contributed by atoms with E-state index in [0.29, 0.717) is 44.8 Å². The number of furan rings is 1. The highest BCUT2D eigenvalue weighted by Gasteiger charge is 2.20. The number of carbonyl (C=O) groups excluding carboxylic acids is 1. The minimum absolute atomic E-state index is 0.252. The predicted octanol–water partition coefficient (Wildman–Crippen LogP) is 3.21. The zero-order valence-corrected chi connectivity index (χ0v) is 14.6. The highest BCUT2D eigenvalue weighted by molar-refractivity contribution is 6.13. The van der Waals surface area contributed by atoms with Gasteiger partial charge in [-0.3, -0.25) is 4.79 Å². The second-order valence-electron chi connectivity index (χ2n) is 6.27. The summed E-state index contributed by atoms with van der Waals surface area (Å²) in [4.78, 5) is 34.1. The number of aromatic amines is 2. The number of nitrogens with one attached hydrogen (secondary N) is 3. The summed E-state index contributed by atoms with van der Waals surface area (Å²) >= 11 is 0. The van der Waals surface area contributed by atoms with Gasteiger partial charge in [-0.05, 0) is 43.3 Å². The minimum Gasteiger partial charge on any atom is -0.463 e. The number of amides is 1. The van der Waals surface area contributed by atoms with Crippen molar-refractivity contribution in [2.24, 2.45) is 0 Å². The van der Waals surface area contributed by atoms with Crippen molar-refractivity contribution in [3.63, 3.8) is 0 Å². The van der Waals surface area contributed by atoms with Crippen molar-refractivity contribution in [1.29, 1.82) is 0 Å². The Morgan fingerprint density at radius 3 is 2.82 bits per heavy atom. The van der Waals surface area contributed by atoms with Crippen LogP contribution in [0.5, 0.6) is 0 Å². The summed E-state index contributed by atoms with van der Waals surface area (Å²) in [5.74, 6) is 0.153. The molecule has 0 aliphatic carbocycles. The molecule has 9 nitrogen and oxygen atoms in total. The molecular formula is C19H13N5O4. The first-order chi connectivity index (χ1) is 13.6. The van der Waals surface area contributed by atoms with Gasteiger partial charge in [0, 0.05) is 5.69 Å². The van der Waals surface area contributed by atoms with Gasteiger partial charge in [-0.1, -0.05) is 5.16 Å². The van der Waals surface area contributed by atoms with Crippen LogP contribution in [-0.2, 0) is 0 Å². The first kappa shape index (κ1) is 16.1. The molecule has 5 rings (SSSR count). The third-order valence-electron chi connectivity index (χ3n) is 4.41. The summed E-state index contributed by atoms with van der Waals surface area (Å²) in [6, 6.07) is 10.2. The van der Waals surface area contributed by atoms with Crippen molar-refractivity contribution in [2.75, 3.05) is 5.32 Å². The van der Waals surface area contributed by atoms with Gasteiger partial charge in [-0.25, -0.2) is 9.78 Å². The number of rotatable bonds is 3. The zero-order chi connectivity index (χ0) is 19.3. The molecular weight excluding hydrogens is 362 g/mol. The number of anilines is 1. The molecule has 0 atom stereocenters. The molecule has 0 saturated carbocycles. The molecule has 5 aromatic rings. The van der Waals surface area contributed by atoms with Gasteiger partial charge in [0.1, 0.15) is 5.69 Å². The number of hydrogen-bond donors (Lipinski definition) is 3. The van der Waals surface area contributed by atoms with Gasteiger partial charge in [0.05, 0.1) is 33.9 Å². The summed E-state index contributed by atoms with van der Waals surface area (Å²) in [6.07, 6.45) is 1.53. The lowest BCUT2D eigenvalue weighted by Crippen LogP contribution is -2.13. The zero-order valence-electron chi connectivity index (χ0n) is 14.6. The number of H-pyrrole nitrogens is 2. The van der Waals surface area contributed by atoms with Gasteiger partial charge in [-0.15, -0.1) is 0 Å². The molecule has 0 saturated heterocycles. The Bertz CT molecular complexity index is 1390. The number of fused-ring (bicyclic) bond motifs is 2. The summed E-state index contributed by atoms with van der Waals surface area (Å²) < 4.78 is 10.6. The third-order valence-corrected chi connectivity index (χ3v) is 4.41. The van der Waals surface area contributed by atoms with Gasteiger partial charge < -0.3 is 24.2 Å². The van der Waals surface area contributed by atoms with E-state index in [1.807, 2.05) is 0 Å². The predicted molar refractivity (Wildman–Crippen MR) is 101 cm³/mol. The van der Waals surface area contributed by atoms with E-state index in [0.717, 1.165) is 0 Å². The Balaban J connectivity index is 1.59. The highest BCUT2D eigenvalue weighted by atomic mass is 16.5. The second-order valence-corrected chi connectivity index (χ2v) is 6.27. The molecule has 0 radical (unpaired) electrons. The van der Waals surface area contributed by atoms with Crippen molar-refractivity contribution in [1.82, 2.24) is 20.1 Å². The average Bonchev–Trinajstić information content (AvgIpc) is 3.40. The van der Waals surface area contributed by atoms with Crippen molar-refractivity contribution in [3.8, 4) is 11.5 Å². The maximum absolute atomic E-state index is 13.0. The lowest BCUT2D eigenvalue weighted by molar-refractivity contribution is 0.102. The van der Waals surface area contributed by atoms with Gasteiger partial charge >= 0.3 is 5.69 Å². The van der Waals surface area contributed by atoms with Crippen LogP contribution in [-0.4, -0.2) is 26.0 Å². The van der Waals surface area contributed by atoms with Crippen LogP contribution in [0.4, 0.5) is 5.69 Å². The summed E-state index contributed by atoms with van der Waals surface area (Å²) in [5, 5.41) is 7.29. The van der Waals surface area contributed by atoms with E-state index >= 15 is 0 Å². The first-order valence-electron chi connectivity index (χ1n) is 8.43. The van der Waals surface area contributed by atoms with Crippen molar-refractivity contribution in [2.45, 2.75) is 6.92 Å². The van der Waals surface area contributed by atoms with E-state index in [4.69, 9.17) is 8.94 Å². The van der Waals surface area contributed by atoms with Crippen molar-refractivity contribution in [3.05, 3.63) is 64.4 Å². The topological polar surface area (TPSA) is 130 Å². The Labute approximate surface area is 156 Å². The van der Waals surface area contributed by atoms with Crippen molar-refractivity contribution >= 4 is 33.7 Å². The number of aromatic nitrogens is 4. The van der Waals surface area contributed by atoms with Crippen LogP contribution >= 0.6 is 0 Å². The lowest BCUT2D eigenvalue weighted by Gasteiger charge is -2.07. The van der Waals surface area contributed by atoms with E-state index in [9.17, 15) is 9.59 Å². The quantitative estimate of drug-likeness (QED) is 0.444. The van der Waals surface area contributed by atoms with Gasteiger partial charge in [-0.2, -0.15) is 0 Å². The number of aryl methyl sites for hydroxylation is 1. The van der Waals surface area contributed by atoms with E-state index in [1.165, 1.54) is 6.26 Å². The number of hydrogen-bond acceptors (Lipinski definition) is 6. The fourth-order valence-electron chi connectivity index (χ4n) is 3.13. The van der Waals surface area contributed by atoms with Gasteiger partial charge in [0.2, 0.25) is 0 Å². The first-order valence-corrected chi connectivity index (χ1v) is 8.43. The van der Waals surface area contributed by atoms with Crippen LogP contribution in [0.1, 0.15) is 16.1 Å². The molecule has 0 aliphatic heterocycles. The fraction of sp³-hybridized carbons (Fsp3) is 0.0526. The second kappa shape index (κ2) is 5.95. The molecule has 9 heteroatoms. The largest absolute Gasteiger partial charge is 0.463 e. The van der Waals surface area contributed by atoms with Crippen LogP contribution in [0.15, 0.2) is 56.4 Å². The smallest absolute Gasteiger partial charge is 0.323 e. The molecule has 138 valence electrons. The highest BCUT2D eigenvalue weighted by Crippen LogP contribution is 2.28. The van der Waals surface area contributed by atoms with Crippen LogP contribution < -0.4 is 11.0 Å². The number of pyridine rings is 1. The molecule has 1 amide bonds. The van der Waals surface area contributed by atoms with Crippen LogP contribution in [0.25, 0.3) is 33.6 Å². The Hall–Kier alpha value is -4.14. The molecule has 28 heavy (non-hydrogen) atoms. The SMILES string of the molecule is Cc1noc2nc(-c3ccco3)cc(C(=O)Nc3ccc4[nH]c(=O)[nH]c4c3)c12. The maximum Gasteiger partial charge on any atom is 0.323 e. The van der Waals surface area contributed by atoms with E-state index in [-0.39, 0.29) is 17.3 Å². The van der Waals surface area contributed by atoms with E-state index in [2.05, 4.69) is 25.4 Å². The van der Waals surface area contributed by atoms with Crippen molar-refractivity contribution < 1.29 is 13.7 Å². The van der Waals surface area contributed by atoms with Gasteiger partial charge in [0.25, 0.3) is 11.6 Å². The molecule has 0 fully saturated rings. The number of benzene rings is 1. The molecule has 1 aromatic carbocycles. The Morgan fingerprint density at radius 2 is 2.00 bits per heavy atom. The van der Waals surface area contributed by atoms with E-state index in [1.54, 1.807) is 43.3 Å². The monoisotopic (exact) mass is 375 g/mol. The van der Waals surface area contributed by atoms with Crippen LogP contribution in [0.2, 0.25) is 0 Å². The van der Waals surface area contributed by atoms with Gasteiger partial charge in [0.15, 0.2) is 5.76 Å².